The van der Waals surface area contributed by atoms with E-state index < -0.39 is 0 Å². The maximum atomic E-state index is 6.25. The van der Waals surface area contributed by atoms with Crippen molar-refractivity contribution >= 4 is 33.1 Å². The Balaban J connectivity index is 2.22. The minimum absolute atomic E-state index is 0.691. The lowest BCUT2D eigenvalue weighted by atomic mass is 10.0. The van der Waals surface area contributed by atoms with Gasteiger partial charge in [-0.25, -0.2) is 0 Å². The van der Waals surface area contributed by atoms with Gasteiger partial charge in [0.15, 0.2) is 0 Å². The number of nitrogens with two attached hydrogens (primary N) is 1. The second-order valence-corrected chi connectivity index (χ2v) is 7.54. The molecular weight excluding hydrogens is 346 g/mol. The quantitative estimate of drug-likeness (QED) is 0.713. The van der Waals surface area contributed by atoms with E-state index in [1.54, 1.807) is 16.0 Å². The first kappa shape index (κ1) is 14.4. The van der Waals surface area contributed by atoms with Gasteiger partial charge in [0.2, 0.25) is 0 Å². The number of anilines is 1. The predicted octanol–water partition coefficient (Wildman–Crippen LogP) is 4.78. The molecule has 2 N–H and O–H groups in total. The highest BCUT2D eigenvalue weighted by Gasteiger charge is 2.19. The summed E-state index contributed by atoms with van der Waals surface area (Å²) in [4.78, 5) is 1.13. The average Bonchev–Trinajstić information content (AvgIpc) is 2.93. The molecule has 0 spiro atoms. The summed E-state index contributed by atoms with van der Waals surface area (Å²) < 4.78 is 2.88. The smallest absolute Gasteiger partial charge is 0.129 e. The normalized spacial score (nSPS) is 11.0. The first-order chi connectivity index (χ1) is 9.97. The molecule has 0 unspecified atom stereocenters. The molecule has 3 nitrogen and oxygen atoms in total. The van der Waals surface area contributed by atoms with Crippen LogP contribution in [0.1, 0.15) is 11.1 Å². The number of nitrogens with zero attached hydrogens (tertiary/aromatic N) is 2. The summed E-state index contributed by atoms with van der Waals surface area (Å²) in [5.74, 6) is 0.691. The number of rotatable bonds is 2. The van der Waals surface area contributed by atoms with Crippen molar-refractivity contribution in [1.29, 1.82) is 0 Å². The second-order valence-electron chi connectivity index (χ2n) is 5.17. The summed E-state index contributed by atoms with van der Waals surface area (Å²) in [6.45, 7) is 4.17. The molecule has 21 heavy (non-hydrogen) atoms. The highest BCUT2D eigenvalue weighted by Crippen LogP contribution is 2.41. The summed E-state index contributed by atoms with van der Waals surface area (Å²) >= 11 is 5.27. The van der Waals surface area contributed by atoms with Crippen LogP contribution in [-0.2, 0) is 7.05 Å². The zero-order valence-corrected chi connectivity index (χ0v) is 14.5. The van der Waals surface area contributed by atoms with Gasteiger partial charge in [0.05, 0.1) is 14.2 Å². The van der Waals surface area contributed by atoms with Gasteiger partial charge in [0.1, 0.15) is 11.5 Å². The van der Waals surface area contributed by atoms with Gasteiger partial charge < -0.3 is 5.73 Å². The third-order valence-electron chi connectivity index (χ3n) is 3.52. The molecule has 0 atom stereocenters. The molecule has 2 aromatic heterocycles. The van der Waals surface area contributed by atoms with Gasteiger partial charge in [-0.15, -0.1) is 11.3 Å². The third kappa shape index (κ3) is 2.51. The Kier molecular flexibility index (Phi) is 3.63. The Morgan fingerprint density at radius 2 is 1.86 bits per heavy atom. The van der Waals surface area contributed by atoms with E-state index in [-0.39, 0.29) is 0 Å². The zero-order chi connectivity index (χ0) is 15.1. The van der Waals surface area contributed by atoms with Crippen molar-refractivity contribution < 1.29 is 0 Å². The van der Waals surface area contributed by atoms with Gasteiger partial charge in [0.25, 0.3) is 0 Å². The lowest BCUT2D eigenvalue weighted by molar-refractivity contribution is 0.783. The van der Waals surface area contributed by atoms with E-state index in [1.807, 2.05) is 7.05 Å². The van der Waals surface area contributed by atoms with E-state index in [0.29, 0.717) is 5.82 Å². The molecule has 0 aliphatic rings. The molecule has 0 aliphatic carbocycles. The maximum absolute atomic E-state index is 6.25. The fraction of sp³-hybridized carbons (Fsp3) is 0.188. The van der Waals surface area contributed by atoms with E-state index in [0.717, 1.165) is 25.5 Å². The zero-order valence-electron chi connectivity index (χ0n) is 12.1. The van der Waals surface area contributed by atoms with Crippen LogP contribution in [0, 0.1) is 13.8 Å². The molecule has 5 heteroatoms. The lowest BCUT2D eigenvalue weighted by Gasteiger charge is -2.03. The van der Waals surface area contributed by atoms with Gasteiger partial charge in [-0.2, -0.15) is 5.10 Å². The number of aryl methyl sites for hydroxylation is 3. The van der Waals surface area contributed by atoms with Crippen molar-refractivity contribution in [3.63, 3.8) is 0 Å². The van der Waals surface area contributed by atoms with Crippen molar-refractivity contribution in [2.24, 2.45) is 7.05 Å². The largest absolute Gasteiger partial charge is 0.383 e. The Labute approximate surface area is 136 Å². The van der Waals surface area contributed by atoms with Crippen LogP contribution < -0.4 is 5.73 Å². The Hall–Kier alpha value is -1.59. The van der Waals surface area contributed by atoms with Crippen LogP contribution in [-0.4, -0.2) is 9.78 Å². The molecule has 1 aromatic carbocycles. The minimum atomic E-state index is 0.691. The van der Waals surface area contributed by atoms with Gasteiger partial charge >= 0.3 is 0 Å². The van der Waals surface area contributed by atoms with E-state index in [2.05, 4.69) is 65.2 Å². The predicted molar refractivity (Wildman–Crippen MR) is 93.5 cm³/mol. The molecule has 0 aliphatic heterocycles. The van der Waals surface area contributed by atoms with Crippen LogP contribution in [0.4, 0.5) is 5.82 Å². The first-order valence-corrected chi connectivity index (χ1v) is 8.24. The van der Waals surface area contributed by atoms with E-state index in [1.165, 1.54) is 11.1 Å². The summed E-state index contributed by atoms with van der Waals surface area (Å²) in [7, 11) is 1.88. The molecular formula is C16H16BrN3S. The average molecular weight is 362 g/mol. The van der Waals surface area contributed by atoms with E-state index in [9.17, 15) is 0 Å². The van der Waals surface area contributed by atoms with Crippen LogP contribution in [0.3, 0.4) is 0 Å². The Morgan fingerprint density at radius 3 is 2.43 bits per heavy atom. The molecule has 0 radical (unpaired) electrons. The SMILES string of the molecule is Cc1ccc(-c2c(-c3cc(C)c(Br)s3)nn(C)c2N)cc1. The minimum Gasteiger partial charge on any atom is -0.383 e. The maximum Gasteiger partial charge on any atom is 0.129 e. The van der Waals surface area contributed by atoms with Crippen LogP contribution in [0.5, 0.6) is 0 Å². The van der Waals surface area contributed by atoms with Crippen molar-refractivity contribution in [3.8, 4) is 21.7 Å². The summed E-state index contributed by atoms with van der Waals surface area (Å²) in [5.41, 5.74) is 11.7. The topological polar surface area (TPSA) is 43.8 Å². The molecule has 2 heterocycles. The summed E-state index contributed by atoms with van der Waals surface area (Å²) in [5, 5.41) is 4.61. The molecule has 3 rings (SSSR count). The van der Waals surface area contributed by atoms with Crippen LogP contribution in [0.25, 0.3) is 21.7 Å². The summed E-state index contributed by atoms with van der Waals surface area (Å²) in [6, 6.07) is 10.5. The molecule has 0 bridgehead atoms. The van der Waals surface area contributed by atoms with Crippen molar-refractivity contribution in [2.45, 2.75) is 13.8 Å². The first-order valence-electron chi connectivity index (χ1n) is 6.63. The molecule has 0 amide bonds. The number of thiophene rings is 1. The number of hydrogen-bond acceptors (Lipinski definition) is 3. The second kappa shape index (κ2) is 5.31. The Bertz CT molecular complexity index is 780. The fourth-order valence-electron chi connectivity index (χ4n) is 2.29. The van der Waals surface area contributed by atoms with Crippen molar-refractivity contribution in [3.05, 3.63) is 45.2 Å². The number of halogens is 1. The fourth-order valence-corrected chi connectivity index (χ4v) is 3.82. The van der Waals surface area contributed by atoms with Crippen molar-refractivity contribution in [1.82, 2.24) is 9.78 Å². The number of hydrogen-bond donors (Lipinski definition) is 1. The highest BCUT2D eigenvalue weighted by molar-refractivity contribution is 9.11. The standard InChI is InChI=1S/C16H16BrN3S/c1-9-4-6-11(7-5-9)13-14(19-20(3)16(13)18)12-8-10(2)15(17)21-12/h4-8H,18H2,1-3H3. The molecule has 108 valence electrons. The summed E-state index contributed by atoms with van der Waals surface area (Å²) in [6.07, 6.45) is 0. The number of benzene rings is 1. The molecule has 0 fully saturated rings. The van der Waals surface area contributed by atoms with Gasteiger partial charge in [-0.05, 0) is 47.0 Å². The number of aromatic nitrogens is 2. The molecule has 3 aromatic rings. The van der Waals surface area contributed by atoms with Crippen LogP contribution in [0.2, 0.25) is 0 Å². The Morgan fingerprint density at radius 1 is 1.19 bits per heavy atom. The van der Waals surface area contributed by atoms with Gasteiger partial charge in [-0.1, -0.05) is 29.8 Å². The van der Waals surface area contributed by atoms with Gasteiger partial charge in [0, 0.05) is 7.05 Å². The highest BCUT2D eigenvalue weighted by atomic mass is 79.9. The lowest BCUT2D eigenvalue weighted by Crippen LogP contribution is -1.97. The van der Waals surface area contributed by atoms with Crippen molar-refractivity contribution in [2.75, 3.05) is 5.73 Å². The molecule has 0 saturated carbocycles. The molecule has 0 saturated heterocycles. The van der Waals surface area contributed by atoms with Gasteiger partial charge in [-0.3, -0.25) is 4.68 Å². The monoisotopic (exact) mass is 361 g/mol. The third-order valence-corrected chi connectivity index (χ3v) is 5.67. The number of nitrogen functional groups attached to an aromatic ring is 1. The van der Waals surface area contributed by atoms with E-state index in [4.69, 9.17) is 5.73 Å². The van der Waals surface area contributed by atoms with Crippen LogP contribution >= 0.6 is 27.3 Å². The van der Waals surface area contributed by atoms with Crippen LogP contribution in [0.15, 0.2) is 34.1 Å². The van der Waals surface area contributed by atoms with E-state index >= 15 is 0 Å².